The van der Waals surface area contributed by atoms with E-state index in [-0.39, 0.29) is 35.6 Å². The number of carbonyl (C=O) groups excluding carboxylic acids is 2. The quantitative estimate of drug-likeness (QED) is 0.708. The molecule has 146 valence electrons. The lowest BCUT2D eigenvalue weighted by Crippen LogP contribution is -2.49. The highest BCUT2D eigenvalue weighted by Gasteiger charge is 2.34. The first-order chi connectivity index (χ1) is 11.6. The number of piperidine rings is 2. The number of amides is 2. The van der Waals surface area contributed by atoms with E-state index < -0.39 is 0 Å². The molecule has 0 saturated carbocycles. The molecular weight excluding hydrogens is 342 g/mol. The monoisotopic (exact) mass is 375 g/mol. The molecule has 25 heavy (non-hydrogen) atoms. The van der Waals surface area contributed by atoms with E-state index in [0.717, 1.165) is 45.2 Å². The zero-order chi connectivity index (χ0) is 17.4. The van der Waals surface area contributed by atoms with Gasteiger partial charge in [-0.15, -0.1) is 12.4 Å². The van der Waals surface area contributed by atoms with Crippen LogP contribution in [-0.2, 0) is 14.3 Å². The molecule has 2 saturated heterocycles. The number of halogens is 1. The van der Waals surface area contributed by atoms with Crippen LogP contribution < -0.4 is 10.6 Å². The van der Waals surface area contributed by atoms with Crippen LogP contribution in [0.3, 0.4) is 0 Å². The summed E-state index contributed by atoms with van der Waals surface area (Å²) in [6.45, 7) is 6.80. The average Bonchev–Trinajstić information content (AvgIpc) is 2.61. The smallest absolute Gasteiger partial charge is 0.223 e. The predicted molar refractivity (Wildman–Crippen MR) is 101 cm³/mol. The summed E-state index contributed by atoms with van der Waals surface area (Å²) >= 11 is 0. The van der Waals surface area contributed by atoms with Crippen molar-refractivity contribution in [3.8, 4) is 0 Å². The van der Waals surface area contributed by atoms with E-state index in [9.17, 15) is 9.59 Å². The molecule has 0 aromatic carbocycles. The van der Waals surface area contributed by atoms with Crippen molar-refractivity contribution in [2.75, 3.05) is 46.4 Å². The molecule has 2 N–H and O–H groups in total. The molecule has 2 rings (SSSR count). The second kappa shape index (κ2) is 11.0. The van der Waals surface area contributed by atoms with E-state index in [0.29, 0.717) is 32.7 Å². The summed E-state index contributed by atoms with van der Waals surface area (Å²) in [4.78, 5) is 26.4. The van der Waals surface area contributed by atoms with Gasteiger partial charge in [0, 0.05) is 44.5 Å². The predicted octanol–water partition coefficient (Wildman–Crippen LogP) is 1.58. The zero-order valence-electron chi connectivity index (χ0n) is 15.6. The van der Waals surface area contributed by atoms with Crippen LogP contribution in [0.2, 0.25) is 0 Å². The third kappa shape index (κ3) is 6.42. The molecule has 0 aromatic heterocycles. The first-order valence-corrected chi connectivity index (χ1v) is 9.35. The van der Waals surface area contributed by atoms with Gasteiger partial charge in [0.05, 0.1) is 6.61 Å². The van der Waals surface area contributed by atoms with Gasteiger partial charge in [0.25, 0.3) is 0 Å². The fourth-order valence-electron chi connectivity index (χ4n) is 3.82. The molecule has 2 aliphatic heterocycles. The minimum atomic E-state index is 0. The Hall–Kier alpha value is -0.850. The first kappa shape index (κ1) is 22.2. The molecule has 0 bridgehead atoms. The van der Waals surface area contributed by atoms with Crippen LogP contribution in [0.4, 0.5) is 0 Å². The van der Waals surface area contributed by atoms with Crippen molar-refractivity contribution in [1.29, 1.82) is 0 Å². The van der Waals surface area contributed by atoms with Crippen molar-refractivity contribution in [3.63, 3.8) is 0 Å². The van der Waals surface area contributed by atoms with Crippen LogP contribution in [0.15, 0.2) is 0 Å². The van der Waals surface area contributed by atoms with Crippen LogP contribution >= 0.6 is 12.4 Å². The lowest BCUT2D eigenvalue weighted by atomic mass is 9.79. The molecular formula is C18H34ClN3O3. The first-order valence-electron chi connectivity index (χ1n) is 9.35. The zero-order valence-corrected chi connectivity index (χ0v) is 16.5. The highest BCUT2D eigenvalue weighted by Crippen LogP contribution is 2.28. The van der Waals surface area contributed by atoms with Gasteiger partial charge in [-0.1, -0.05) is 6.92 Å². The normalized spacial score (nSPS) is 20.6. The Morgan fingerprint density at radius 3 is 2.44 bits per heavy atom. The highest BCUT2D eigenvalue weighted by atomic mass is 35.5. The molecule has 0 aliphatic carbocycles. The summed E-state index contributed by atoms with van der Waals surface area (Å²) in [5.41, 5.74) is 0.0630. The van der Waals surface area contributed by atoms with Crippen molar-refractivity contribution in [1.82, 2.24) is 15.5 Å². The Morgan fingerprint density at radius 2 is 1.88 bits per heavy atom. The molecule has 6 nitrogen and oxygen atoms in total. The van der Waals surface area contributed by atoms with E-state index >= 15 is 0 Å². The molecule has 2 heterocycles. The van der Waals surface area contributed by atoms with Gasteiger partial charge in [0.15, 0.2) is 0 Å². The summed E-state index contributed by atoms with van der Waals surface area (Å²) in [6, 6.07) is 0. The maximum atomic E-state index is 12.5. The fraction of sp³-hybridized carbons (Fsp3) is 0.889. The number of ether oxygens (including phenoxy) is 1. The molecule has 0 atom stereocenters. The van der Waals surface area contributed by atoms with Crippen molar-refractivity contribution in [2.24, 2.45) is 11.3 Å². The molecule has 0 unspecified atom stereocenters. The minimum absolute atomic E-state index is 0. The topological polar surface area (TPSA) is 70.7 Å². The van der Waals surface area contributed by atoms with Crippen molar-refractivity contribution < 1.29 is 14.3 Å². The maximum Gasteiger partial charge on any atom is 0.223 e. The molecule has 2 aliphatic rings. The third-order valence-corrected chi connectivity index (χ3v) is 5.43. The van der Waals surface area contributed by atoms with Crippen LogP contribution in [-0.4, -0.2) is 63.2 Å². The molecule has 2 amide bonds. The van der Waals surface area contributed by atoms with Gasteiger partial charge in [-0.2, -0.15) is 0 Å². The summed E-state index contributed by atoms with van der Waals surface area (Å²) in [7, 11) is 1.73. The van der Waals surface area contributed by atoms with E-state index in [1.807, 2.05) is 11.8 Å². The van der Waals surface area contributed by atoms with E-state index in [2.05, 4.69) is 10.6 Å². The number of hydrogen-bond acceptors (Lipinski definition) is 4. The van der Waals surface area contributed by atoms with Gasteiger partial charge in [-0.05, 0) is 45.2 Å². The Balaban J connectivity index is 0.00000312. The molecule has 2 fully saturated rings. The fourth-order valence-corrected chi connectivity index (χ4v) is 3.82. The van der Waals surface area contributed by atoms with E-state index in [1.54, 1.807) is 7.11 Å². The van der Waals surface area contributed by atoms with Crippen molar-refractivity contribution in [3.05, 3.63) is 0 Å². The number of nitrogens with zero attached hydrogens (tertiary/aromatic N) is 1. The Morgan fingerprint density at radius 1 is 1.24 bits per heavy atom. The lowest BCUT2D eigenvalue weighted by Gasteiger charge is -2.38. The Kier molecular flexibility index (Phi) is 9.75. The largest absolute Gasteiger partial charge is 0.384 e. The molecule has 7 heteroatoms. The number of methoxy groups -OCH3 is 1. The number of rotatable bonds is 7. The lowest BCUT2D eigenvalue weighted by molar-refractivity contribution is -0.135. The number of nitrogens with one attached hydrogen (secondary N) is 2. The van der Waals surface area contributed by atoms with Gasteiger partial charge in [-0.25, -0.2) is 0 Å². The Bertz CT molecular complexity index is 414. The van der Waals surface area contributed by atoms with Gasteiger partial charge >= 0.3 is 0 Å². The summed E-state index contributed by atoms with van der Waals surface area (Å²) < 4.78 is 5.40. The SMILES string of the molecule is CCCC(=O)N1CCC(C(=O)NCC2(COC)CCNCC2)CC1.Cl. The van der Waals surface area contributed by atoms with Gasteiger partial charge < -0.3 is 20.3 Å². The van der Waals surface area contributed by atoms with Crippen molar-refractivity contribution >= 4 is 24.2 Å². The van der Waals surface area contributed by atoms with E-state index in [1.165, 1.54) is 0 Å². The van der Waals surface area contributed by atoms with Crippen LogP contribution in [0.5, 0.6) is 0 Å². The number of likely N-dealkylation sites (tertiary alicyclic amines) is 1. The van der Waals surface area contributed by atoms with Crippen LogP contribution in [0.25, 0.3) is 0 Å². The Labute approximate surface area is 157 Å². The summed E-state index contributed by atoms with van der Waals surface area (Å²) in [5, 5.41) is 6.54. The molecule has 0 spiro atoms. The second-order valence-electron chi connectivity index (χ2n) is 7.31. The number of hydrogen-bond donors (Lipinski definition) is 2. The van der Waals surface area contributed by atoms with Gasteiger partial charge in [0.1, 0.15) is 0 Å². The van der Waals surface area contributed by atoms with Crippen molar-refractivity contribution in [2.45, 2.75) is 45.4 Å². The average molecular weight is 376 g/mol. The maximum absolute atomic E-state index is 12.5. The highest BCUT2D eigenvalue weighted by molar-refractivity contribution is 5.85. The van der Waals surface area contributed by atoms with Gasteiger partial charge in [-0.3, -0.25) is 9.59 Å². The minimum Gasteiger partial charge on any atom is -0.384 e. The molecule has 0 radical (unpaired) electrons. The number of carbonyl (C=O) groups is 2. The standard InChI is InChI=1S/C18H33N3O3.ClH/c1-3-4-16(22)21-11-5-15(6-12-21)17(23)20-13-18(14-24-2)7-9-19-10-8-18;/h15,19H,3-14H2,1-2H3,(H,20,23);1H. The second-order valence-corrected chi connectivity index (χ2v) is 7.31. The van der Waals surface area contributed by atoms with Crippen LogP contribution in [0.1, 0.15) is 45.4 Å². The van der Waals surface area contributed by atoms with Crippen LogP contribution in [0, 0.1) is 11.3 Å². The van der Waals surface area contributed by atoms with Gasteiger partial charge in [0.2, 0.25) is 11.8 Å². The molecule has 0 aromatic rings. The van der Waals surface area contributed by atoms with E-state index in [4.69, 9.17) is 4.74 Å². The third-order valence-electron chi connectivity index (χ3n) is 5.43. The summed E-state index contributed by atoms with van der Waals surface area (Å²) in [6.07, 6.45) is 5.12. The summed E-state index contributed by atoms with van der Waals surface area (Å²) in [5.74, 6) is 0.411.